The van der Waals surface area contributed by atoms with Gasteiger partial charge in [0.05, 0.1) is 0 Å². The van der Waals surface area contributed by atoms with E-state index in [1.807, 2.05) is 5.32 Å². The van der Waals surface area contributed by atoms with Crippen LogP contribution < -0.4 is 5.32 Å². The van der Waals surface area contributed by atoms with Crippen LogP contribution in [0.3, 0.4) is 0 Å². The maximum absolute atomic E-state index is 13.1. The Bertz CT molecular complexity index is 566. The summed E-state index contributed by atoms with van der Waals surface area (Å²) in [6.45, 7) is 5.43. The number of hydrogen-bond donors (Lipinski definition) is 1. The van der Waals surface area contributed by atoms with E-state index in [0.29, 0.717) is 18.1 Å². The van der Waals surface area contributed by atoms with Crippen molar-refractivity contribution in [3.63, 3.8) is 0 Å². The third kappa shape index (κ3) is 3.30. The highest BCUT2D eigenvalue weighted by atomic mass is 19.4. The molecule has 0 aliphatic carbocycles. The molecule has 0 bridgehead atoms. The van der Waals surface area contributed by atoms with Gasteiger partial charge in [0.25, 0.3) is 0 Å². The van der Waals surface area contributed by atoms with Gasteiger partial charge in [-0.3, -0.25) is 4.79 Å². The highest BCUT2D eigenvalue weighted by Crippen LogP contribution is 2.53. The van der Waals surface area contributed by atoms with Crippen LogP contribution in [0.1, 0.15) is 30.0 Å². The van der Waals surface area contributed by atoms with Crippen molar-refractivity contribution in [2.45, 2.75) is 46.5 Å². The van der Waals surface area contributed by atoms with E-state index in [0.717, 1.165) is 5.56 Å². The van der Waals surface area contributed by atoms with Crippen molar-refractivity contribution >= 4 is 11.6 Å². The number of rotatable bonds is 3. The molecule has 0 unspecified atom stereocenters. The number of carbonyl (C=O) groups excluding carboxylic acids is 1. The molecule has 0 spiro atoms. The summed E-state index contributed by atoms with van der Waals surface area (Å²) in [6.07, 6.45) is -12.9. The topological polar surface area (TPSA) is 29.1 Å². The fourth-order valence-electron chi connectivity index (χ4n) is 2.58. The molecule has 0 aliphatic rings. The van der Waals surface area contributed by atoms with E-state index in [4.69, 9.17) is 0 Å². The SMILES string of the molecule is CCC(C(=O)Nc1c(C)cc(C)cc1C)(C(F)(F)F)C(F)(F)F. The van der Waals surface area contributed by atoms with Crippen molar-refractivity contribution in [3.05, 3.63) is 28.8 Å². The number of nitrogens with one attached hydrogen (secondary N) is 1. The summed E-state index contributed by atoms with van der Waals surface area (Å²) in [5, 5.41) is 1.83. The molecule has 0 saturated carbocycles. The van der Waals surface area contributed by atoms with Gasteiger partial charge < -0.3 is 5.32 Å². The van der Waals surface area contributed by atoms with Crippen molar-refractivity contribution in [1.82, 2.24) is 0 Å². The molecule has 130 valence electrons. The van der Waals surface area contributed by atoms with E-state index in [2.05, 4.69) is 0 Å². The first kappa shape index (κ1) is 19.3. The van der Waals surface area contributed by atoms with Crippen molar-refractivity contribution in [2.75, 3.05) is 5.32 Å². The number of alkyl halides is 6. The van der Waals surface area contributed by atoms with E-state index in [1.165, 1.54) is 13.8 Å². The minimum absolute atomic E-state index is 0.0353. The first-order valence-corrected chi connectivity index (χ1v) is 6.80. The Kier molecular flexibility index (Phi) is 5.08. The van der Waals surface area contributed by atoms with Crippen molar-refractivity contribution in [2.24, 2.45) is 5.41 Å². The molecule has 23 heavy (non-hydrogen) atoms. The molecule has 0 heterocycles. The summed E-state index contributed by atoms with van der Waals surface area (Å²) in [5.41, 5.74) is -2.90. The lowest BCUT2D eigenvalue weighted by Gasteiger charge is -2.35. The van der Waals surface area contributed by atoms with Gasteiger partial charge in [-0.25, -0.2) is 0 Å². The standard InChI is InChI=1S/C15H17F6NO/c1-5-13(14(16,17)18,15(19,20)21)12(23)22-11-9(3)6-8(2)7-10(11)4/h6-7H,5H2,1-4H3,(H,22,23). The summed E-state index contributed by atoms with van der Waals surface area (Å²) in [6, 6.07) is 3.13. The fraction of sp³-hybridized carbons (Fsp3) is 0.533. The predicted molar refractivity (Wildman–Crippen MR) is 74.1 cm³/mol. The lowest BCUT2D eigenvalue weighted by Crippen LogP contribution is -2.57. The Balaban J connectivity index is 3.40. The largest absolute Gasteiger partial charge is 0.412 e. The van der Waals surface area contributed by atoms with Crippen LogP contribution in [0, 0.1) is 26.2 Å². The molecule has 2 nitrogen and oxygen atoms in total. The van der Waals surface area contributed by atoms with E-state index in [9.17, 15) is 31.1 Å². The molecular weight excluding hydrogens is 324 g/mol. The lowest BCUT2D eigenvalue weighted by atomic mass is 9.82. The summed E-state index contributed by atoms with van der Waals surface area (Å²) < 4.78 is 78.7. The first-order valence-electron chi connectivity index (χ1n) is 6.80. The number of aryl methyl sites for hydroxylation is 3. The molecular formula is C15H17F6NO. The average Bonchev–Trinajstić information content (AvgIpc) is 2.31. The van der Waals surface area contributed by atoms with Crippen LogP contribution in [0.4, 0.5) is 32.0 Å². The summed E-state index contributed by atoms with van der Waals surface area (Å²) in [7, 11) is 0. The predicted octanol–water partition coefficient (Wildman–Crippen LogP) is 5.07. The van der Waals surface area contributed by atoms with E-state index in [1.54, 1.807) is 19.1 Å². The van der Waals surface area contributed by atoms with Gasteiger partial charge in [-0.1, -0.05) is 24.6 Å². The molecule has 0 atom stereocenters. The van der Waals surface area contributed by atoms with Gasteiger partial charge in [0.15, 0.2) is 0 Å². The molecule has 0 aliphatic heterocycles. The molecule has 1 N–H and O–H groups in total. The molecule has 1 rings (SSSR count). The van der Waals surface area contributed by atoms with Gasteiger partial charge in [0.2, 0.25) is 11.3 Å². The monoisotopic (exact) mass is 341 g/mol. The smallest absolute Gasteiger partial charge is 0.325 e. The van der Waals surface area contributed by atoms with Crippen molar-refractivity contribution < 1.29 is 31.1 Å². The third-order valence-corrected chi connectivity index (χ3v) is 3.80. The molecule has 0 aromatic heterocycles. The molecule has 1 aromatic rings. The highest BCUT2D eigenvalue weighted by Gasteiger charge is 2.74. The fourth-order valence-corrected chi connectivity index (χ4v) is 2.58. The van der Waals surface area contributed by atoms with Gasteiger partial charge >= 0.3 is 12.4 Å². The number of hydrogen-bond acceptors (Lipinski definition) is 1. The van der Waals surface area contributed by atoms with Crippen LogP contribution in [0.5, 0.6) is 0 Å². The Morgan fingerprint density at radius 2 is 1.35 bits per heavy atom. The maximum Gasteiger partial charge on any atom is 0.412 e. The van der Waals surface area contributed by atoms with E-state index >= 15 is 0 Å². The molecule has 0 fully saturated rings. The number of amides is 1. The Hall–Kier alpha value is -1.73. The Labute approximate surface area is 129 Å². The van der Waals surface area contributed by atoms with Gasteiger partial charge in [-0.05, 0) is 38.3 Å². The normalized spacial score (nSPS) is 13.1. The van der Waals surface area contributed by atoms with Crippen LogP contribution in [-0.4, -0.2) is 18.3 Å². The Morgan fingerprint density at radius 3 is 1.65 bits per heavy atom. The second kappa shape index (κ2) is 6.05. The second-order valence-electron chi connectivity index (χ2n) is 5.48. The molecule has 1 amide bonds. The summed E-state index contributed by atoms with van der Waals surface area (Å²) in [5.74, 6) is -2.12. The Morgan fingerprint density at radius 1 is 0.957 bits per heavy atom. The van der Waals surface area contributed by atoms with Crippen LogP contribution in [-0.2, 0) is 4.79 Å². The first-order chi connectivity index (χ1) is 10.3. The van der Waals surface area contributed by atoms with Gasteiger partial charge in [-0.2, -0.15) is 26.3 Å². The summed E-state index contributed by atoms with van der Waals surface area (Å²) in [4.78, 5) is 12.0. The number of anilines is 1. The number of benzene rings is 1. The average molecular weight is 341 g/mol. The van der Waals surface area contributed by atoms with Crippen LogP contribution in [0.25, 0.3) is 0 Å². The van der Waals surface area contributed by atoms with Gasteiger partial charge in [-0.15, -0.1) is 0 Å². The number of carbonyl (C=O) groups is 1. The zero-order valence-electron chi connectivity index (χ0n) is 13.0. The summed E-state index contributed by atoms with van der Waals surface area (Å²) >= 11 is 0. The maximum atomic E-state index is 13.1. The minimum atomic E-state index is -5.75. The van der Waals surface area contributed by atoms with Crippen LogP contribution in [0.2, 0.25) is 0 Å². The van der Waals surface area contributed by atoms with Crippen LogP contribution >= 0.6 is 0 Å². The molecule has 8 heteroatoms. The van der Waals surface area contributed by atoms with Gasteiger partial charge in [0, 0.05) is 5.69 Å². The van der Waals surface area contributed by atoms with Crippen molar-refractivity contribution in [3.8, 4) is 0 Å². The zero-order chi connectivity index (χ0) is 18.2. The lowest BCUT2D eigenvalue weighted by molar-refractivity contribution is -0.324. The van der Waals surface area contributed by atoms with E-state index in [-0.39, 0.29) is 5.69 Å². The van der Waals surface area contributed by atoms with Gasteiger partial charge in [0.1, 0.15) is 0 Å². The third-order valence-electron chi connectivity index (χ3n) is 3.80. The molecule has 1 aromatic carbocycles. The molecule has 0 saturated heterocycles. The zero-order valence-corrected chi connectivity index (χ0v) is 13.0. The van der Waals surface area contributed by atoms with Crippen LogP contribution in [0.15, 0.2) is 12.1 Å². The minimum Gasteiger partial charge on any atom is -0.325 e. The quantitative estimate of drug-likeness (QED) is 0.764. The molecule has 0 radical (unpaired) electrons. The van der Waals surface area contributed by atoms with Crippen molar-refractivity contribution in [1.29, 1.82) is 0 Å². The number of halogens is 6. The second-order valence-corrected chi connectivity index (χ2v) is 5.48. The van der Waals surface area contributed by atoms with E-state index < -0.39 is 30.1 Å². The highest BCUT2D eigenvalue weighted by molar-refractivity contribution is 5.97.